The molecule has 1 aromatic carbocycles. The Balaban J connectivity index is 1.62. The highest BCUT2D eigenvalue weighted by molar-refractivity contribution is 5.80. The summed E-state index contributed by atoms with van der Waals surface area (Å²) < 4.78 is 5.52. The van der Waals surface area contributed by atoms with Gasteiger partial charge in [-0.3, -0.25) is 4.79 Å². The SMILES string of the molecule is NC(=O)N1CCC[C@@H](C(=O)NCCOCc2ccccc2)C1. The van der Waals surface area contributed by atoms with Crippen molar-refractivity contribution in [3.05, 3.63) is 35.9 Å². The first kappa shape index (κ1) is 16.3. The largest absolute Gasteiger partial charge is 0.375 e. The third-order valence-corrected chi connectivity index (χ3v) is 3.76. The van der Waals surface area contributed by atoms with Crippen LogP contribution < -0.4 is 11.1 Å². The summed E-state index contributed by atoms with van der Waals surface area (Å²) in [6.07, 6.45) is 1.60. The van der Waals surface area contributed by atoms with Gasteiger partial charge in [0.15, 0.2) is 0 Å². The van der Waals surface area contributed by atoms with Gasteiger partial charge in [-0.25, -0.2) is 4.79 Å². The molecule has 1 aliphatic rings. The van der Waals surface area contributed by atoms with Gasteiger partial charge in [-0.15, -0.1) is 0 Å². The van der Waals surface area contributed by atoms with Crippen LogP contribution in [0.15, 0.2) is 30.3 Å². The predicted molar refractivity (Wildman–Crippen MR) is 83.0 cm³/mol. The number of carbonyl (C=O) groups is 2. The molecular formula is C16H23N3O3. The molecule has 6 nitrogen and oxygen atoms in total. The minimum Gasteiger partial charge on any atom is -0.375 e. The number of nitrogens with one attached hydrogen (secondary N) is 1. The summed E-state index contributed by atoms with van der Waals surface area (Å²) in [5.74, 6) is -0.204. The Morgan fingerprint density at radius 1 is 1.32 bits per heavy atom. The molecule has 0 aliphatic carbocycles. The Labute approximate surface area is 130 Å². The minimum absolute atomic E-state index is 0.0331. The van der Waals surface area contributed by atoms with E-state index in [-0.39, 0.29) is 11.8 Å². The van der Waals surface area contributed by atoms with Crippen molar-refractivity contribution in [3.63, 3.8) is 0 Å². The van der Waals surface area contributed by atoms with Crippen molar-refractivity contribution in [1.82, 2.24) is 10.2 Å². The van der Waals surface area contributed by atoms with Gasteiger partial charge in [0, 0.05) is 19.6 Å². The summed E-state index contributed by atoms with van der Waals surface area (Å²) in [5.41, 5.74) is 6.37. The third-order valence-electron chi connectivity index (χ3n) is 3.76. The predicted octanol–water partition coefficient (Wildman–Crippen LogP) is 1.11. The van der Waals surface area contributed by atoms with Crippen LogP contribution in [-0.2, 0) is 16.1 Å². The van der Waals surface area contributed by atoms with Crippen molar-refractivity contribution < 1.29 is 14.3 Å². The van der Waals surface area contributed by atoms with E-state index in [1.807, 2.05) is 30.3 Å². The molecule has 3 N–H and O–H groups in total. The lowest BCUT2D eigenvalue weighted by atomic mass is 9.97. The Bertz CT molecular complexity index is 493. The maximum Gasteiger partial charge on any atom is 0.314 e. The highest BCUT2D eigenvalue weighted by atomic mass is 16.5. The van der Waals surface area contributed by atoms with E-state index in [0.29, 0.717) is 32.8 Å². The molecule has 3 amide bonds. The standard InChI is InChI=1S/C16H23N3O3/c17-16(21)19-9-4-7-14(11-19)15(20)18-8-10-22-12-13-5-2-1-3-6-13/h1-3,5-6,14H,4,7-12H2,(H2,17,21)(H,18,20)/t14-/m1/s1. The molecular weight excluding hydrogens is 282 g/mol. The molecule has 0 bridgehead atoms. The van der Waals surface area contributed by atoms with Crippen LogP contribution in [0.2, 0.25) is 0 Å². The lowest BCUT2D eigenvalue weighted by molar-refractivity contribution is -0.126. The van der Waals surface area contributed by atoms with Crippen LogP contribution in [0.3, 0.4) is 0 Å². The van der Waals surface area contributed by atoms with E-state index in [9.17, 15) is 9.59 Å². The zero-order chi connectivity index (χ0) is 15.8. The Kier molecular flexibility index (Phi) is 6.21. The molecule has 0 aromatic heterocycles. The van der Waals surface area contributed by atoms with Gasteiger partial charge in [0.05, 0.1) is 19.1 Å². The van der Waals surface area contributed by atoms with Crippen LogP contribution in [0.1, 0.15) is 18.4 Å². The van der Waals surface area contributed by atoms with E-state index in [0.717, 1.165) is 18.4 Å². The smallest absolute Gasteiger partial charge is 0.314 e. The zero-order valence-electron chi connectivity index (χ0n) is 12.7. The van der Waals surface area contributed by atoms with Crippen LogP contribution in [-0.4, -0.2) is 43.1 Å². The maximum atomic E-state index is 12.1. The Hall–Kier alpha value is -2.08. The molecule has 1 saturated heterocycles. The number of likely N-dealkylation sites (tertiary alicyclic amines) is 1. The number of ether oxygens (including phenoxy) is 1. The van der Waals surface area contributed by atoms with E-state index in [4.69, 9.17) is 10.5 Å². The third kappa shape index (κ3) is 5.04. The second-order valence-electron chi connectivity index (χ2n) is 5.45. The van der Waals surface area contributed by atoms with Crippen molar-refractivity contribution >= 4 is 11.9 Å². The van der Waals surface area contributed by atoms with Gasteiger partial charge >= 0.3 is 6.03 Å². The summed E-state index contributed by atoms with van der Waals surface area (Å²) >= 11 is 0. The number of primary amides is 1. The fraction of sp³-hybridized carbons (Fsp3) is 0.500. The molecule has 1 aromatic rings. The van der Waals surface area contributed by atoms with Crippen LogP contribution in [0.25, 0.3) is 0 Å². The summed E-state index contributed by atoms with van der Waals surface area (Å²) in [6, 6.07) is 9.44. The van der Waals surface area contributed by atoms with Gasteiger partial charge in [-0.05, 0) is 18.4 Å². The molecule has 1 heterocycles. The van der Waals surface area contributed by atoms with E-state index >= 15 is 0 Å². The molecule has 0 radical (unpaired) electrons. The monoisotopic (exact) mass is 305 g/mol. The number of nitrogens with zero attached hydrogens (tertiary/aromatic N) is 1. The molecule has 120 valence electrons. The van der Waals surface area contributed by atoms with Crippen molar-refractivity contribution in [2.75, 3.05) is 26.2 Å². The second kappa shape index (κ2) is 8.38. The Morgan fingerprint density at radius 3 is 2.82 bits per heavy atom. The average molecular weight is 305 g/mol. The van der Waals surface area contributed by atoms with Crippen LogP contribution in [0.4, 0.5) is 4.79 Å². The van der Waals surface area contributed by atoms with Crippen molar-refractivity contribution in [3.8, 4) is 0 Å². The van der Waals surface area contributed by atoms with E-state index < -0.39 is 6.03 Å². The van der Waals surface area contributed by atoms with Crippen molar-refractivity contribution in [2.24, 2.45) is 11.7 Å². The van der Waals surface area contributed by atoms with Crippen LogP contribution >= 0.6 is 0 Å². The molecule has 1 fully saturated rings. The number of nitrogens with two attached hydrogens (primary N) is 1. The molecule has 22 heavy (non-hydrogen) atoms. The number of benzene rings is 1. The molecule has 1 aliphatic heterocycles. The number of carbonyl (C=O) groups excluding carboxylic acids is 2. The van der Waals surface area contributed by atoms with Gasteiger partial charge in [0.1, 0.15) is 0 Å². The molecule has 0 unspecified atom stereocenters. The topological polar surface area (TPSA) is 84.7 Å². The van der Waals surface area contributed by atoms with Crippen molar-refractivity contribution in [2.45, 2.75) is 19.4 Å². The first-order chi connectivity index (χ1) is 10.7. The second-order valence-corrected chi connectivity index (χ2v) is 5.45. The number of hydrogen-bond donors (Lipinski definition) is 2. The fourth-order valence-corrected chi connectivity index (χ4v) is 2.55. The highest BCUT2D eigenvalue weighted by Gasteiger charge is 2.26. The number of piperidine rings is 1. The van der Waals surface area contributed by atoms with Gasteiger partial charge in [0.2, 0.25) is 5.91 Å². The number of hydrogen-bond acceptors (Lipinski definition) is 3. The lowest BCUT2D eigenvalue weighted by Gasteiger charge is -2.30. The lowest BCUT2D eigenvalue weighted by Crippen LogP contribution is -2.47. The van der Waals surface area contributed by atoms with Gasteiger partial charge in [0.25, 0.3) is 0 Å². The van der Waals surface area contributed by atoms with Crippen LogP contribution in [0.5, 0.6) is 0 Å². The molecule has 2 rings (SSSR count). The quantitative estimate of drug-likeness (QED) is 0.772. The highest BCUT2D eigenvalue weighted by Crippen LogP contribution is 2.16. The molecule has 0 saturated carbocycles. The van der Waals surface area contributed by atoms with Crippen LogP contribution in [0, 0.1) is 5.92 Å². The number of rotatable bonds is 6. The summed E-state index contributed by atoms with van der Waals surface area (Å²) in [6.45, 7) is 2.52. The number of urea groups is 1. The van der Waals surface area contributed by atoms with Gasteiger partial charge < -0.3 is 20.7 Å². The van der Waals surface area contributed by atoms with Gasteiger partial charge in [-0.1, -0.05) is 30.3 Å². The van der Waals surface area contributed by atoms with Gasteiger partial charge in [-0.2, -0.15) is 0 Å². The fourth-order valence-electron chi connectivity index (χ4n) is 2.55. The maximum absolute atomic E-state index is 12.1. The van der Waals surface area contributed by atoms with E-state index in [2.05, 4.69) is 5.32 Å². The summed E-state index contributed by atoms with van der Waals surface area (Å²) in [5, 5.41) is 2.86. The summed E-state index contributed by atoms with van der Waals surface area (Å²) in [7, 11) is 0. The molecule has 6 heteroatoms. The van der Waals surface area contributed by atoms with E-state index in [1.165, 1.54) is 4.90 Å². The first-order valence-electron chi connectivity index (χ1n) is 7.60. The molecule has 0 spiro atoms. The minimum atomic E-state index is -0.455. The molecule has 1 atom stereocenters. The van der Waals surface area contributed by atoms with E-state index in [1.54, 1.807) is 0 Å². The summed E-state index contributed by atoms with van der Waals surface area (Å²) in [4.78, 5) is 24.7. The number of amides is 3. The normalized spacial score (nSPS) is 18.0. The van der Waals surface area contributed by atoms with Crippen molar-refractivity contribution in [1.29, 1.82) is 0 Å². The zero-order valence-corrected chi connectivity index (χ0v) is 12.7. The first-order valence-corrected chi connectivity index (χ1v) is 7.60. The average Bonchev–Trinajstić information content (AvgIpc) is 2.55. The Morgan fingerprint density at radius 2 is 2.09 bits per heavy atom.